The van der Waals surface area contributed by atoms with Gasteiger partial charge >= 0.3 is 5.97 Å². The second-order valence-electron chi connectivity index (χ2n) is 5.77. The Morgan fingerprint density at radius 1 is 1.15 bits per heavy atom. The van der Waals surface area contributed by atoms with Gasteiger partial charge in [-0.3, -0.25) is 4.79 Å². The second-order valence-corrected chi connectivity index (χ2v) is 5.77. The summed E-state index contributed by atoms with van der Waals surface area (Å²) < 4.78 is 10.5. The van der Waals surface area contributed by atoms with Crippen LogP contribution < -0.4 is 10.1 Å². The van der Waals surface area contributed by atoms with Gasteiger partial charge in [0, 0.05) is 11.8 Å². The van der Waals surface area contributed by atoms with Crippen LogP contribution in [0, 0.1) is 6.92 Å². The average Bonchev–Trinajstić information content (AvgIpc) is 2.61. The van der Waals surface area contributed by atoms with E-state index >= 15 is 0 Å². The lowest BCUT2D eigenvalue weighted by Gasteiger charge is -2.12. The van der Waals surface area contributed by atoms with Gasteiger partial charge < -0.3 is 14.8 Å². The van der Waals surface area contributed by atoms with Gasteiger partial charge in [0.1, 0.15) is 5.75 Å². The molecule has 5 heteroatoms. The van der Waals surface area contributed by atoms with Crippen LogP contribution in [0.15, 0.2) is 54.6 Å². The van der Waals surface area contributed by atoms with E-state index in [1.165, 1.54) is 13.0 Å². The molecule has 0 fully saturated rings. The Hall–Kier alpha value is -3.08. The Labute approximate surface area is 153 Å². The fourth-order valence-electron chi connectivity index (χ4n) is 2.24. The largest absolute Gasteiger partial charge is 0.494 e. The van der Waals surface area contributed by atoms with E-state index in [1.807, 2.05) is 56.3 Å². The molecule has 0 saturated heterocycles. The van der Waals surface area contributed by atoms with E-state index in [1.54, 1.807) is 12.1 Å². The molecule has 0 heterocycles. The molecule has 2 aromatic rings. The van der Waals surface area contributed by atoms with Gasteiger partial charge in [-0.05, 0) is 62.2 Å². The summed E-state index contributed by atoms with van der Waals surface area (Å²) in [6.45, 7) is 5.99. The molecular formula is C21H23NO4. The smallest absolute Gasteiger partial charge is 0.331 e. The predicted molar refractivity (Wildman–Crippen MR) is 102 cm³/mol. The van der Waals surface area contributed by atoms with Gasteiger partial charge in [0.05, 0.1) is 6.61 Å². The van der Waals surface area contributed by atoms with Crippen molar-refractivity contribution < 1.29 is 19.1 Å². The van der Waals surface area contributed by atoms with E-state index in [0.29, 0.717) is 12.3 Å². The number of esters is 1. The first-order valence-electron chi connectivity index (χ1n) is 8.47. The Morgan fingerprint density at radius 3 is 2.54 bits per heavy atom. The Morgan fingerprint density at radius 2 is 1.88 bits per heavy atom. The van der Waals surface area contributed by atoms with Crippen LogP contribution in [-0.2, 0) is 14.3 Å². The predicted octanol–water partition coefficient (Wildman–Crippen LogP) is 3.98. The zero-order valence-corrected chi connectivity index (χ0v) is 15.2. The van der Waals surface area contributed by atoms with Gasteiger partial charge in [0.25, 0.3) is 5.91 Å². The maximum absolute atomic E-state index is 12.1. The highest BCUT2D eigenvalue weighted by atomic mass is 16.5. The third kappa shape index (κ3) is 6.09. The fourth-order valence-corrected chi connectivity index (χ4v) is 2.24. The van der Waals surface area contributed by atoms with E-state index < -0.39 is 12.1 Å². The van der Waals surface area contributed by atoms with Crippen LogP contribution in [0.2, 0.25) is 0 Å². The number of carbonyl (C=O) groups is 2. The first-order valence-corrected chi connectivity index (χ1v) is 8.47. The van der Waals surface area contributed by atoms with Gasteiger partial charge in [0.15, 0.2) is 6.10 Å². The molecule has 2 rings (SSSR count). The molecule has 0 bridgehead atoms. The number of carbonyl (C=O) groups excluding carboxylic acids is 2. The highest BCUT2D eigenvalue weighted by Gasteiger charge is 2.16. The molecule has 0 aliphatic heterocycles. The minimum atomic E-state index is -0.895. The lowest BCUT2D eigenvalue weighted by molar-refractivity contribution is -0.148. The number of anilines is 1. The molecule has 0 saturated carbocycles. The molecular weight excluding hydrogens is 330 g/mol. The molecule has 0 aromatic heterocycles. The lowest BCUT2D eigenvalue weighted by atomic mass is 10.2. The van der Waals surface area contributed by atoms with E-state index in [2.05, 4.69) is 5.32 Å². The van der Waals surface area contributed by atoms with Gasteiger partial charge in [-0.1, -0.05) is 24.3 Å². The highest BCUT2D eigenvalue weighted by molar-refractivity contribution is 5.96. The molecule has 0 aliphatic rings. The number of aryl methyl sites for hydroxylation is 1. The number of amides is 1. The summed E-state index contributed by atoms with van der Waals surface area (Å²) in [5.41, 5.74) is 2.54. The number of ether oxygens (including phenoxy) is 2. The summed E-state index contributed by atoms with van der Waals surface area (Å²) >= 11 is 0. The highest BCUT2D eigenvalue weighted by Crippen LogP contribution is 2.13. The Bertz CT molecular complexity index is 781. The van der Waals surface area contributed by atoms with Crippen LogP contribution in [0.25, 0.3) is 6.08 Å². The van der Waals surface area contributed by atoms with Crippen LogP contribution in [-0.4, -0.2) is 24.6 Å². The number of benzene rings is 2. The number of hydrogen-bond donors (Lipinski definition) is 1. The summed E-state index contributed by atoms with van der Waals surface area (Å²) in [5, 5.41) is 2.73. The minimum absolute atomic E-state index is 0.376. The summed E-state index contributed by atoms with van der Waals surface area (Å²) in [4.78, 5) is 24.0. The van der Waals surface area contributed by atoms with Crippen molar-refractivity contribution in [2.45, 2.75) is 26.9 Å². The topological polar surface area (TPSA) is 64.6 Å². The van der Waals surface area contributed by atoms with Gasteiger partial charge in [-0.2, -0.15) is 0 Å². The van der Waals surface area contributed by atoms with Crippen LogP contribution in [0.5, 0.6) is 5.75 Å². The molecule has 0 spiro atoms. The van der Waals surface area contributed by atoms with E-state index in [9.17, 15) is 9.59 Å². The molecule has 1 atom stereocenters. The molecule has 5 nitrogen and oxygen atoms in total. The van der Waals surface area contributed by atoms with Crippen LogP contribution in [0.1, 0.15) is 25.0 Å². The van der Waals surface area contributed by atoms with Crippen molar-refractivity contribution in [3.05, 3.63) is 65.7 Å². The molecule has 26 heavy (non-hydrogen) atoms. The van der Waals surface area contributed by atoms with Gasteiger partial charge in [0.2, 0.25) is 0 Å². The first kappa shape index (κ1) is 19.2. The summed E-state index contributed by atoms with van der Waals surface area (Å²) in [6.07, 6.45) is 2.03. The number of nitrogens with one attached hydrogen (secondary N) is 1. The van der Waals surface area contributed by atoms with Crippen molar-refractivity contribution in [2.24, 2.45) is 0 Å². The fraction of sp³-hybridized carbons (Fsp3) is 0.238. The minimum Gasteiger partial charge on any atom is -0.494 e. The summed E-state index contributed by atoms with van der Waals surface area (Å²) in [5.74, 6) is -0.183. The quantitative estimate of drug-likeness (QED) is 0.604. The number of hydrogen-bond acceptors (Lipinski definition) is 4. The molecule has 1 amide bonds. The summed E-state index contributed by atoms with van der Waals surface area (Å²) in [7, 11) is 0. The van der Waals surface area contributed by atoms with Crippen molar-refractivity contribution in [1.82, 2.24) is 0 Å². The Balaban J connectivity index is 1.86. The number of rotatable bonds is 7. The maximum atomic E-state index is 12.1. The second kappa shape index (κ2) is 9.42. The van der Waals surface area contributed by atoms with E-state index in [0.717, 1.165) is 16.9 Å². The third-order valence-corrected chi connectivity index (χ3v) is 3.55. The van der Waals surface area contributed by atoms with E-state index in [4.69, 9.17) is 9.47 Å². The normalized spacial score (nSPS) is 11.8. The van der Waals surface area contributed by atoms with E-state index in [-0.39, 0.29) is 5.91 Å². The van der Waals surface area contributed by atoms with Crippen molar-refractivity contribution in [1.29, 1.82) is 0 Å². The molecule has 0 unspecified atom stereocenters. The standard InChI is InChI=1S/C21H23NO4/c1-4-25-19-11-8-17(9-12-19)10-13-20(23)26-16(3)21(24)22-18-7-5-6-15(2)14-18/h5-14,16H,4H2,1-3H3,(H,22,24)/b13-10+/t16-/m1/s1. The van der Waals surface area contributed by atoms with Crippen molar-refractivity contribution >= 4 is 23.6 Å². The molecule has 0 radical (unpaired) electrons. The SMILES string of the molecule is CCOc1ccc(/C=C/C(=O)O[C@H](C)C(=O)Nc2cccc(C)c2)cc1. The molecule has 1 N–H and O–H groups in total. The van der Waals surface area contributed by atoms with Crippen molar-refractivity contribution in [2.75, 3.05) is 11.9 Å². The molecule has 0 aliphatic carbocycles. The maximum Gasteiger partial charge on any atom is 0.331 e. The van der Waals surface area contributed by atoms with Crippen LogP contribution in [0.4, 0.5) is 5.69 Å². The molecule has 2 aromatic carbocycles. The van der Waals surface area contributed by atoms with Crippen molar-refractivity contribution in [3.8, 4) is 5.75 Å². The van der Waals surface area contributed by atoms with Gasteiger partial charge in [-0.15, -0.1) is 0 Å². The third-order valence-electron chi connectivity index (χ3n) is 3.55. The first-order chi connectivity index (χ1) is 12.5. The lowest BCUT2D eigenvalue weighted by Crippen LogP contribution is -2.29. The van der Waals surface area contributed by atoms with Crippen LogP contribution >= 0.6 is 0 Å². The Kier molecular flexibility index (Phi) is 6.97. The monoisotopic (exact) mass is 353 g/mol. The zero-order valence-electron chi connectivity index (χ0n) is 15.2. The zero-order chi connectivity index (χ0) is 18.9. The average molecular weight is 353 g/mol. The molecule has 136 valence electrons. The van der Waals surface area contributed by atoms with Crippen LogP contribution in [0.3, 0.4) is 0 Å². The van der Waals surface area contributed by atoms with Gasteiger partial charge in [-0.25, -0.2) is 4.79 Å². The summed E-state index contributed by atoms with van der Waals surface area (Å²) in [6, 6.07) is 14.7. The van der Waals surface area contributed by atoms with Crippen molar-refractivity contribution in [3.63, 3.8) is 0 Å².